The van der Waals surface area contributed by atoms with Crippen molar-refractivity contribution < 1.29 is 13.2 Å². The molecule has 20 heavy (non-hydrogen) atoms. The number of hydrogen-bond acceptors (Lipinski definition) is 3. The highest BCUT2D eigenvalue weighted by Crippen LogP contribution is 2.30. The molecule has 0 bridgehead atoms. The summed E-state index contributed by atoms with van der Waals surface area (Å²) in [5.41, 5.74) is 4.76. The van der Waals surface area contributed by atoms with Crippen molar-refractivity contribution in [3.05, 3.63) is 46.4 Å². The monoisotopic (exact) mass is 283 g/mol. The highest BCUT2D eigenvalue weighted by Gasteiger charge is 2.30. The smallest absolute Gasteiger partial charge is 0.393 e. The summed E-state index contributed by atoms with van der Waals surface area (Å²) in [6.45, 7) is 2.06. The fraction of sp³-hybridized carbons (Fsp3) is 0.231. The number of nitrogens with zero attached hydrogens (tertiary/aromatic N) is 2. The maximum atomic E-state index is 12.5. The Morgan fingerprint density at radius 2 is 1.85 bits per heavy atom. The maximum absolute atomic E-state index is 12.5. The van der Waals surface area contributed by atoms with Crippen LogP contribution in [0.1, 0.15) is 12.5 Å². The Morgan fingerprint density at radius 3 is 2.35 bits per heavy atom. The summed E-state index contributed by atoms with van der Waals surface area (Å²) < 4.78 is 38.8. The van der Waals surface area contributed by atoms with Crippen LogP contribution in [0.15, 0.2) is 35.3 Å². The third-order valence-corrected chi connectivity index (χ3v) is 2.86. The molecule has 0 saturated carbocycles. The molecule has 7 heteroatoms. The predicted octanol–water partition coefficient (Wildman–Crippen LogP) is 2.53. The van der Waals surface area contributed by atoms with Crippen LogP contribution < -0.4 is 11.3 Å². The average molecular weight is 283 g/mol. The summed E-state index contributed by atoms with van der Waals surface area (Å²) in [6.07, 6.45) is -3.18. The van der Waals surface area contributed by atoms with Crippen LogP contribution in [0, 0.1) is 0 Å². The zero-order valence-electron chi connectivity index (χ0n) is 10.6. The van der Waals surface area contributed by atoms with Gasteiger partial charge in [-0.05, 0) is 19.1 Å². The minimum atomic E-state index is -4.39. The number of benzene rings is 1. The van der Waals surface area contributed by atoms with Crippen molar-refractivity contribution in [2.24, 2.45) is 0 Å². The van der Waals surface area contributed by atoms with E-state index in [0.717, 1.165) is 12.1 Å². The molecule has 0 aliphatic heterocycles. The average Bonchev–Trinajstić information content (AvgIpc) is 2.41. The Kier molecular flexibility index (Phi) is 3.52. The van der Waals surface area contributed by atoms with Gasteiger partial charge in [-0.15, -0.1) is 0 Å². The number of rotatable bonds is 2. The van der Waals surface area contributed by atoms with Crippen molar-refractivity contribution in [1.29, 1.82) is 0 Å². The Hall–Kier alpha value is -2.31. The number of hydrogen-bond donors (Lipinski definition) is 1. The number of nitrogen functional groups attached to an aromatic ring is 1. The van der Waals surface area contributed by atoms with Crippen molar-refractivity contribution >= 4 is 5.69 Å². The molecule has 1 aromatic heterocycles. The van der Waals surface area contributed by atoms with Gasteiger partial charge in [0.15, 0.2) is 0 Å². The molecule has 0 aliphatic carbocycles. The summed E-state index contributed by atoms with van der Waals surface area (Å²) >= 11 is 0. The molecule has 0 amide bonds. The minimum absolute atomic E-state index is 0.00233. The van der Waals surface area contributed by atoms with Crippen LogP contribution in [0.3, 0.4) is 0 Å². The van der Waals surface area contributed by atoms with E-state index in [-0.39, 0.29) is 5.69 Å². The van der Waals surface area contributed by atoms with Gasteiger partial charge in [0.25, 0.3) is 5.56 Å². The second-order valence-corrected chi connectivity index (χ2v) is 4.16. The molecular weight excluding hydrogens is 271 g/mol. The standard InChI is InChI=1S/C13H12F3N3O/c1-2-19-11(18-7-10(17)12(19)20)8-3-5-9(6-4-8)13(14,15)16/h3-7H,2,17H2,1H3. The lowest BCUT2D eigenvalue weighted by Crippen LogP contribution is -2.24. The number of alkyl halides is 3. The summed E-state index contributed by atoms with van der Waals surface area (Å²) in [5, 5.41) is 0. The molecule has 0 spiro atoms. The first-order chi connectivity index (χ1) is 9.34. The van der Waals surface area contributed by atoms with E-state index in [1.54, 1.807) is 6.92 Å². The van der Waals surface area contributed by atoms with Crippen LogP contribution in [0.5, 0.6) is 0 Å². The lowest BCUT2D eigenvalue weighted by atomic mass is 10.1. The quantitative estimate of drug-likeness (QED) is 0.921. The van der Waals surface area contributed by atoms with E-state index in [4.69, 9.17) is 5.73 Å². The number of halogens is 3. The van der Waals surface area contributed by atoms with Crippen LogP contribution in [-0.4, -0.2) is 9.55 Å². The van der Waals surface area contributed by atoms with Crippen molar-refractivity contribution in [2.75, 3.05) is 5.73 Å². The Bertz CT molecular complexity index is 675. The minimum Gasteiger partial charge on any atom is -0.393 e. The Balaban J connectivity index is 2.53. The first kappa shape index (κ1) is 14.1. The van der Waals surface area contributed by atoms with Crippen LogP contribution in [-0.2, 0) is 12.7 Å². The first-order valence-electron chi connectivity index (χ1n) is 5.87. The fourth-order valence-electron chi connectivity index (χ4n) is 1.84. The van der Waals surface area contributed by atoms with Crippen LogP contribution in [0.4, 0.5) is 18.9 Å². The molecule has 106 valence electrons. The highest BCUT2D eigenvalue weighted by atomic mass is 19.4. The molecule has 2 aromatic rings. The normalized spacial score (nSPS) is 11.6. The maximum Gasteiger partial charge on any atom is 0.416 e. The van der Waals surface area contributed by atoms with E-state index in [2.05, 4.69) is 4.98 Å². The Morgan fingerprint density at radius 1 is 1.25 bits per heavy atom. The second kappa shape index (κ2) is 4.99. The van der Waals surface area contributed by atoms with E-state index in [0.29, 0.717) is 17.9 Å². The third-order valence-electron chi connectivity index (χ3n) is 2.86. The predicted molar refractivity (Wildman–Crippen MR) is 69.0 cm³/mol. The molecule has 0 aliphatic rings. The van der Waals surface area contributed by atoms with Gasteiger partial charge in [-0.2, -0.15) is 13.2 Å². The molecule has 1 heterocycles. The molecule has 4 nitrogen and oxygen atoms in total. The van der Waals surface area contributed by atoms with Crippen LogP contribution in [0.2, 0.25) is 0 Å². The van der Waals surface area contributed by atoms with Gasteiger partial charge in [0.2, 0.25) is 0 Å². The van der Waals surface area contributed by atoms with Gasteiger partial charge in [0.1, 0.15) is 11.5 Å². The van der Waals surface area contributed by atoms with E-state index in [1.807, 2.05) is 0 Å². The molecule has 0 fully saturated rings. The van der Waals surface area contributed by atoms with E-state index in [9.17, 15) is 18.0 Å². The number of nitrogens with two attached hydrogens (primary N) is 1. The third kappa shape index (κ3) is 2.52. The topological polar surface area (TPSA) is 60.9 Å². The van der Waals surface area contributed by atoms with Crippen molar-refractivity contribution in [3.8, 4) is 11.4 Å². The summed E-state index contributed by atoms with van der Waals surface area (Å²) in [6, 6.07) is 4.48. The molecule has 0 radical (unpaired) electrons. The largest absolute Gasteiger partial charge is 0.416 e. The van der Waals surface area contributed by atoms with Crippen molar-refractivity contribution in [1.82, 2.24) is 9.55 Å². The molecule has 0 saturated heterocycles. The van der Waals surface area contributed by atoms with Gasteiger partial charge in [-0.1, -0.05) is 12.1 Å². The van der Waals surface area contributed by atoms with Gasteiger partial charge < -0.3 is 5.73 Å². The van der Waals surface area contributed by atoms with E-state index < -0.39 is 17.3 Å². The van der Waals surface area contributed by atoms with Gasteiger partial charge >= 0.3 is 6.18 Å². The lowest BCUT2D eigenvalue weighted by molar-refractivity contribution is -0.137. The van der Waals surface area contributed by atoms with Gasteiger partial charge in [-0.3, -0.25) is 9.36 Å². The van der Waals surface area contributed by atoms with E-state index >= 15 is 0 Å². The van der Waals surface area contributed by atoms with Gasteiger partial charge in [0, 0.05) is 12.1 Å². The van der Waals surface area contributed by atoms with Crippen molar-refractivity contribution in [2.45, 2.75) is 19.6 Å². The highest BCUT2D eigenvalue weighted by molar-refractivity contribution is 5.57. The van der Waals surface area contributed by atoms with Crippen molar-refractivity contribution in [3.63, 3.8) is 0 Å². The van der Waals surface area contributed by atoms with E-state index in [1.165, 1.54) is 22.9 Å². The summed E-state index contributed by atoms with van der Waals surface area (Å²) in [7, 11) is 0. The molecular formula is C13H12F3N3O. The Labute approximate surface area is 112 Å². The molecule has 2 N–H and O–H groups in total. The lowest BCUT2D eigenvalue weighted by Gasteiger charge is -2.12. The van der Waals surface area contributed by atoms with Crippen LogP contribution >= 0.6 is 0 Å². The second-order valence-electron chi connectivity index (χ2n) is 4.16. The molecule has 0 atom stereocenters. The summed E-state index contributed by atoms with van der Waals surface area (Å²) in [5.74, 6) is 0.292. The van der Waals surface area contributed by atoms with Gasteiger partial charge in [0.05, 0.1) is 11.8 Å². The zero-order chi connectivity index (χ0) is 14.9. The number of aromatic nitrogens is 2. The van der Waals surface area contributed by atoms with Gasteiger partial charge in [-0.25, -0.2) is 4.98 Å². The SMILES string of the molecule is CCn1c(-c2ccc(C(F)(F)F)cc2)ncc(N)c1=O. The summed E-state index contributed by atoms with van der Waals surface area (Å²) in [4.78, 5) is 15.9. The molecule has 2 rings (SSSR count). The molecule has 1 aromatic carbocycles. The molecule has 0 unspecified atom stereocenters. The fourth-order valence-corrected chi connectivity index (χ4v) is 1.84. The zero-order valence-corrected chi connectivity index (χ0v) is 10.6. The van der Waals surface area contributed by atoms with Crippen LogP contribution in [0.25, 0.3) is 11.4 Å². The number of anilines is 1. The first-order valence-corrected chi connectivity index (χ1v) is 5.87.